The third kappa shape index (κ3) is 3.55. The van der Waals surface area contributed by atoms with E-state index >= 15 is 0 Å². The topological polar surface area (TPSA) is 41.3 Å². The summed E-state index contributed by atoms with van der Waals surface area (Å²) in [6.45, 7) is 0. The van der Waals surface area contributed by atoms with Crippen LogP contribution in [-0.2, 0) is 0 Å². The standard InChI is InChI=1S/C24H25N3OS/c29-24-26-22(19-13-7-8-16-25-19)23(27(24)18-11-5-2-6-12-18)21-15-14-20(28-21)17-9-3-1-4-10-17/h1,3-4,7-10,13-16,18,22-23H,2,5-6,11-12H2,(H,26,29)/t22-,23+/m1/s1. The van der Waals surface area contributed by atoms with E-state index in [2.05, 4.69) is 45.5 Å². The lowest BCUT2D eigenvalue weighted by Gasteiger charge is -2.36. The van der Waals surface area contributed by atoms with Gasteiger partial charge in [-0.05, 0) is 49.3 Å². The van der Waals surface area contributed by atoms with Gasteiger partial charge in [0.15, 0.2) is 5.11 Å². The molecule has 5 rings (SSSR count). The van der Waals surface area contributed by atoms with Crippen molar-refractivity contribution in [2.45, 2.75) is 50.2 Å². The maximum Gasteiger partial charge on any atom is 0.170 e. The highest BCUT2D eigenvalue weighted by molar-refractivity contribution is 7.80. The van der Waals surface area contributed by atoms with Crippen LogP contribution in [0.2, 0.25) is 0 Å². The van der Waals surface area contributed by atoms with Gasteiger partial charge in [-0.2, -0.15) is 0 Å². The molecule has 148 valence electrons. The van der Waals surface area contributed by atoms with E-state index < -0.39 is 0 Å². The molecule has 2 aromatic heterocycles. The number of nitrogens with one attached hydrogen (secondary N) is 1. The summed E-state index contributed by atoms with van der Waals surface area (Å²) in [6, 6.07) is 20.9. The monoisotopic (exact) mass is 403 g/mol. The lowest BCUT2D eigenvalue weighted by Crippen LogP contribution is -2.40. The maximum absolute atomic E-state index is 6.41. The van der Waals surface area contributed by atoms with Gasteiger partial charge in [0.25, 0.3) is 0 Å². The van der Waals surface area contributed by atoms with Gasteiger partial charge in [-0.25, -0.2) is 0 Å². The summed E-state index contributed by atoms with van der Waals surface area (Å²) in [5.41, 5.74) is 2.08. The van der Waals surface area contributed by atoms with Gasteiger partial charge in [-0.1, -0.05) is 55.7 Å². The first-order valence-electron chi connectivity index (χ1n) is 10.5. The average molecular weight is 404 g/mol. The Morgan fingerprint density at radius 2 is 1.72 bits per heavy atom. The molecule has 1 N–H and O–H groups in total. The van der Waals surface area contributed by atoms with Gasteiger partial charge < -0.3 is 14.6 Å². The van der Waals surface area contributed by atoms with Crippen molar-refractivity contribution < 1.29 is 4.42 Å². The van der Waals surface area contributed by atoms with Crippen molar-refractivity contribution in [3.05, 3.63) is 78.3 Å². The summed E-state index contributed by atoms with van der Waals surface area (Å²) in [4.78, 5) is 7.02. The molecule has 1 aliphatic heterocycles. The van der Waals surface area contributed by atoms with Crippen LogP contribution in [0.1, 0.15) is 55.6 Å². The van der Waals surface area contributed by atoms with E-state index in [1.54, 1.807) is 0 Å². The van der Waals surface area contributed by atoms with Crippen LogP contribution >= 0.6 is 12.2 Å². The minimum Gasteiger partial charge on any atom is -0.459 e. The highest BCUT2D eigenvalue weighted by atomic mass is 32.1. The van der Waals surface area contributed by atoms with Crippen molar-refractivity contribution in [1.29, 1.82) is 0 Å². The first-order valence-corrected chi connectivity index (χ1v) is 10.9. The molecule has 3 heterocycles. The largest absolute Gasteiger partial charge is 0.459 e. The van der Waals surface area contributed by atoms with Gasteiger partial charge in [0.1, 0.15) is 17.6 Å². The highest BCUT2D eigenvalue weighted by Gasteiger charge is 2.44. The fourth-order valence-corrected chi connectivity index (χ4v) is 5.08. The number of aromatic nitrogens is 1. The summed E-state index contributed by atoms with van der Waals surface area (Å²) >= 11 is 5.82. The second-order valence-corrected chi connectivity index (χ2v) is 8.28. The minimum atomic E-state index is -0.0135. The van der Waals surface area contributed by atoms with Crippen molar-refractivity contribution in [2.75, 3.05) is 0 Å². The number of pyridine rings is 1. The summed E-state index contributed by atoms with van der Waals surface area (Å²) in [7, 11) is 0. The second kappa shape index (κ2) is 7.99. The molecule has 4 nitrogen and oxygen atoms in total. The maximum atomic E-state index is 6.41. The van der Waals surface area contributed by atoms with E-state index in [0.717, 1.165) is 27.9 Å². The zero-order chi connectivity index (χ0) is 19.6. The molecule has 0 amide bonds. The Morgan fingerprint density at radius 3 is 2.48 bits per heavy atom. The number of furan rings is 1. The molecule has 29 heavy (non-hydrogen) atoms. The quantitative estimate of drug-likeness (QED) is 0.570. The van der Waals surface area contributed by atoms with E-state index in [0.29, 0.717) is 6.04 Å². The van der Waals surface area contributed by atoms with Crippen LogP contribution in [0, 0.1) is 0 Å². The molecule has 2 atom stereocenters. The normalized spacial score (nSPS) is 22.6. The predicted molar refractivity (Wildman–Crippen MR) is 118 cm³/mol. The Morgan fingerprint density at radius 1 is 0.931 bits per heavy atom. The van der Waals surface area contributed by atoms with Crippen LogP contribution in [0.25, 0.3) is 11.3 Å². The van der Waals surface area contributed by atoms with Gasteiger partial charge >= 0.3 is 0 Å². The van der Waals surface area contributed by atoms with E-state index in [-0.39, 0.29) is 12.1 Å². The molecule has 2 aliphatic rings. The van der Waals surface area contributed by atoms with Crippen molar-refractivity contribution >= 4 is 17.3 Å². The van der Waals surface area contributed by atoms with E-state index in [1.807, 2.05) is 36.5 Å². The van der Waals surface area contributed by atoms with Gasteiger partial charge in [0.05, 0.1) is 11.7 Å². The molecule has 2 fully saturated rings. The molecule has 1 aromatic carbocycles. The van der Waals surface area contributed by atoms with Crippen molar-refractivity contribution in [1.82, 2.24) is 15.2 Å². The number of nitrogens with zero attached hydrogens (tertiary/aromatic N) is 2. The van der Waals surface area contributed by atoms with Crippen LogP contribution in [-0.4, -0.2) is 21.0 Å². The smallest absolute Gasteiger partial charge is 0.170 e. The van der Waals surface area contributed by atoms with Crippen molar-refractivity contribution in [2.24, 2.45) is 0 Å². The van der Waals surface area contributed by atoms with Crippen molar-refractivity contribution in [3.63, 3.8) is 0 Å². The van der Waals surface area contributed by atoms with Gasteiger partial charge in [0, 0.05) is 17.8 Å². The van der Waals surface area contributed by atoms with Crippen LogP contribution in [0.5, 0.6) is 0 Å². The third-order valence-corrected chi connectivity index (χ3v) is 6.41. The Bertz CT molecular complexity index is 966. The van der Waals surface area contributed by atoms with Crippen LogP contribution < -0.4 is 5.32 Å². The summed E-state index contributed by atoms with van der Waals surface area (Å²) in [5.74, 6) is 1.83. The lowest BCUT2D eigenvalue weighted by molar-refractivity contribution is 0.179. The predicted octanol–water partition coefficient (Wildman–Crippen LogP) is 5.65. The van der Waals surface area contributed by atoms with Crippen LogP contribution in [0.3, 0.4) is 0 Å². The number of hydrogen-bond donors (Lipinski definition) is 1. The van der Waals surface area contributed by atoms with E-state index in [9.17, 15) is 0 Å². The third-order valence-electron chi connectivity index (χ3n) is 6.08. The van der Waals surface area contributed by atoms with Gasteiger partial charge in [-0.15, -0.1) is 0 Å². The molecule has 1 aliphatic carbocycles. The molecule has 1 saturated carbocycles. The number of thiocarbonyl (C=S) groups is 1. The molecule has 3 aromatic rings. The van der Waals surface area contributed by atoms with E-state index in [4.69, 9.17) is 16.6 Å². The molecule has 0 radical (unpaired) electrons. The Kier molecular flexibility index (Phi) is 5.06. The molecule has 5 heteroatoms. The number of rotatable bonds is 4. The first kappa shape index (κ1) is 18.4. The van der Waals surface area contributed by atoms with Gasteiger partial charge in [-0.3, -0.25) is 4.98 Å². The molecular weight excluding hydrogens is 378 g/mol. The second-order valence-electron chi connectivity index (χ2n) is 7.89. The Balaban J connectivity index is 1.54. The lowest BCUT2D eigenvalue weighted by atomic mass is 9.92. The molecule has 0 spiro atoms. The average Bonchev–Trinajstić information content (AvgIpc) is 3.40. The number of benzene rings is 1. The van der Waals surface area contributed by atoms with E-state index in [1.165, 1.54) is 32.1 Å². The molecule has 0 unspecified atom stereocenters. The summed E-state index contributed by atoms with van der Waals surface area (Å²) in [5, 5.41) is 4.37. The van der Waals surface area contributed by atoms with Crippen LogP contribution in [0.4, 0.5) is 0 Å². The summed E-state index contributed by atoms with van der Waals surface area (Å²) < 4.78 is 6.41. The molecule has 0 bridgehead atoms. The zero-order valence-corrected chi connectivity index (χ0v) is 17.1. The fraction of sp³-hybridized carbons (Fsp3) is 0.333. The van der Waals surface area contributed by atoms with Crippen LogP contribution in [0.15, 0.2) is 71.3 Å². The SMILES string of the molecule is S=C1N[C@H](c2ccccn2)[C@H](c2ccc(-c3ccccc3)o2)N1C1CCCCC1. The zero-order valence-electron chi connectivity index (χ0n) is 16.3. The number of hydrogen-bond acceptors (Lipinski definition) is 3. The minimum absolute atomic E-state index is 0.0120. The van der Waals surface area contributed by atoms with Crippen molar-refractivity contribution in [3.8, 4) is 11.3 Å². The Hall–Kier alpha value is -2.66. The molecular formula is C24H25N3OS. The summed E-state index contributed by atoms with van der Waals surface area (Å²) in [6.07, 6.45) is 8.05. The van der Waals surface area contributed by atoms with Gasteiger partial charge in [0.2, 0.25) is 0 Å². The Labute approximate surface area is 177 Å². The molecule has 1 saturated heterocycles. The first-order chi connectivity index (χ1) is 14.3. The fourth-order valence-electron chi connectivity index (χ4n) is 4.69. The highest BCUT2D eigenvalue weighted by Crippen LogP contribution is 2.43.